The van der Waals surface area contributed by atoms with Crippen LogP contribution in [0.1, 0.15) is 19.3 Å². The Morgan fingerprint density at radius 2 is 1.91 bits per heavy atom. The second-order valence-electron chi connectivity index (χ2n) is 8.44. The zero-order valence-corrected chi connectivity index (χ0v) is 18.1. The summed E-state index contributed by atoms with van der Waals surface area (Å²) in [6.07, 6.45) is 2.45. The Balaban J connectivity index is 1.17. The quantitative estimate of drug-likeness (QED) is 0.648. The van der Waals surface area contributed by atoms with Crippen LogP contribution in [0.5, 0.6) is 0 Å². The summed E-state index contributed by atoms with van der Waals surface area (Å²) in [7, 11) is 0. The van der Waals surface area contributed by atoms with Crippen LogP contribution in [-0.2, 0) is 9.59 Å². The molecule has 2 aliphatic heterocycles. The van der Waals surface area contributed by atoms with Crippen LogP contribution < -0.4 is 15.1 Å². The van der Waals surface area contributed by atoms with Gasteiger partial charge in [-0.15, -0.1) is 0 Å². The highest BCUT2D eigenvalue weighted by Crippen LogP contribution is 2.24. The normalized spacial score (nSPS) is 17.7. The lowest BCUT2D eigenvalue weighted by Crippen LogP contribution is -2.36. The van der Waals surface area contributed by atoms with Gasteiger partial charge in [0, 0.05) is 50.5 Å². The third kappa shape index (κ3) is 4.45. The summed E-state index contributed by atoms with van der Waals surface area (Å²) in [4.78, 5) is 39.0. The fraction of sp³-hybridized carbons (Fsp3) is 0.375. The second-order valence-corrected chi connectivity index (χ2v) is 8.44. The summed E-state index contributed by atoms with van der Waals surface area (Å²) >= 11 is 0. The van der Waals surface area contributed by atoms with Crippen molar-refractivity contribution in [3.05, 3.63) is 48.5 Å². The van der Waals surface area contributed by atoms with Gasteiger partial charge < -0.3 is 20.1 Å². The molecule has 5 rings (SSSR count). The number of rotatable bonds is 5. The van der Waals surface area contributed by atoms with Gasteiger partial charge in [0.1, 0.15) is 0 Å². The van der Waals surface area contributed by atoms with E-state index in [0.29, 0.717) is 13.0 Å². The van der Waals surface area contributed by atoms with Crippen LogP contribution in [0.2, 0.25) is 0 Å². The van der Waals surface area contributed by atoms with Crippen LogP contribution in [0.4, 0.5) is 17.3 Å². The molecule has 0 bridgehead atoms. The smallest absolute Gasteiger partial charge is 0.238 e. The van der Waals surface area contributed by atoms with Gasteiger partial charge in [0.2, 0.25) is 17.8 Å². The van der Waals surface area contributed by atoms with E-state index in [9.17, 15) is 9.59 Å². The standard InChI is InChI=1S/C24H28N6O2/c31-22(25-18-6-3-7-19(16-18)30-13-4-10-23(30)32)17-28-11-5-12-29(15-14-28)24-26-20-8-1-2-9-21(20)27-24/h1-3,6-9,16H,4-5,10-15,17H2,(H,25,31)(H,26,27). The average Bonchev–Trinajstić information content (AvgIpc) is 3.35. The fourth-order valence-corrected chi connectivity index (χ4v) is 4.51. The van der Waals surface area contributed by atoms with Gasteiger partial charge in [0.05, 0.1) is 17.6 Å². The molecule has 2 aromatic carbocycles. The van der Waals surface area contributed by atoms with E-state index in [4.69, 9.17) is 4.98 Å². The molecule has 1 aromatic heterocycles. The second kappa shape index (κ2) is 9.00. The van der Waals surface area contributed by atoms with Crippen molar-refractivity contribution >= 4 is 40.2 Å². The van der Waals surface area contributed by atoms with Gasteiger partial charge in [-0.25, -0.2) is 4.98 Å². The largest absolute Gasteiger partial charge is 0.341 e. The lowest BCUT2D eigenvalue weighted by molar-refractivity contribution is -0.117. The molecule has 0 aliphatic carbocycles. The summed E-state index contributed by atoms with van der Waals surface area (Å²) in [6, 6.07) is 15.6. The molecule has 2 N–H and O–H groups in total. The first kappa shape index (κ1) is 20.5. The van der Waals surface area contributed by atoms with Crippen molar-refractivity contribution in [1.29, 1.82) is 0 Å². The number of para-hydroxylation sites is 2. The molecule has 2 fully saturated rings. The van der Waals surface area contributed by atoms with Gasteiger partial charge in [0.15, 0.2) is 0 Å². The molecule has 0 atom stereocenters. The Morgan fingerprint density at radius 1 is 1.00 bits per heavy atom. The van der Waals surface area contributed by atoms with Crippen molar-refractivity contribution in [3.63, 3.8) is 0 Å². The molecule has 8 nitrogen and oxygen atoms in total. The Kier molecular flexibility index (Phi) is 5.77. The molecule has 2 saturated heterocycles. The number of imidazole rings is 1. The predicted molar refractivity (Wildman–Crippen MR) is 126 cm³/mol. The van der Waals surface area contributed by atoms with Crippen LogP contribution in [-0.4, -0.2) is 66.0 Å². The maximum Gasteiger partial charge on any atom is 0.238 e. The maximum atomic E-state index is 12.7. The summed E-state index contributed by atoms with van der Waals surface area (Å²) < 4.78 is 0. The van der Waals surface area contributed by atoms with E-state index in [1.54, 1.807) is 4.90 Å². The Morgan fingerprint density at radius 3 is 2.75 bits per heavy atom. The number of fused-ring (bicyclic) bond motifs is 1. The molecule has 0 saturated carbocycles. The summed E-state index contributed by atoms with van der Waals surface area (Å²) in [5.74, 6) is 1.00. The van der Waals surface area contributed by atoms with Crippen molar-refractivity contribution in [2.45, 2.75) is 19.3 Å². The Bertz CT molecular complexity index is 1090. The van der Waals surface area contributed by atoms with Crippen molar-refractivity contribution in [1.82, 2.24) is 14.9 Å². The van der Waals surface area contributed by atoms with E-state index in [-0.39, 0.29) is 11.8 Å². The monoisotopic (exact) mass is 432 g/mol. The maximum absolute atomic E-state index is 12.7. The number of aromatic nitrogens is 2. The molecule has 32 heavy (non-hydrogen) atoms. The summed E-state index contributed by atoms with van der Waals surface area (Å²) in [5.41, 5.74) is 3.59. The highest BCUT2D eigenvalue weighted by atomic mass is 16.2. The molecule has 3 aromatic rings. The number of benzene rings is 2. The topological polar surface area (TPSA) is 84.6 Å². The Labute approximate surface area is 187 Å². The molecule has 0 radical (unpaired) electrons. The van der Waals surface area contributed by atoms with Crippen LogP contribution in [0.3, 0.4) is 0 Å². The zero-order valence-electron chi connectivity index (χ0n) is 18.1. The van der Waals surface area contributed by atoms with Gasteiger partial charge in [-0.3, -0.25) is 14.5 Å². The van der Waals surface area contributed by atoms with Crippen LogP contribution in [0.25, 0.3) is 11.0 Å². The van der Waals surface area contributed by atoms with Gasteiger partial charge >= 0.3 is 0 Å². The van der Waals surface area contributed by atoms with E-state index < -0.39 is 0 Å². The van der Waals surface area contributed by atoms with Crippen molar-refractivity contribution in [3.8, 4) is 0 Å². The van der Waals surface area contributed by atoms with E-state index in [1.807, 2.05) is 48.5 Å². The number of hydrogen-bond acceptors (Lipinski definition) is 5. The molecule has 3 heterocycles. The van der Waals surface area contributed by atoms with Gasteiger partial charge in [0.25, 0.3) is 0 Å². The highest BCUT2D eigenvalue weighted by molar-refractivity contribution is 5.97. The van der Waals surface area contributed by atoms with Gasteiger partial charge in [-0.1, -0.05) is 18.2 Å². The van der Waals surface area contributed by atoms with Gasteiger partial charge in [-0.05, 0) is 43.2 Å². The number of carbonyl (C=O) groups excluding carboxylic acids is 2. The lowest BCUT2D eigenvalue weighted by atomic mass is 10.2. The number of nitrogens with one attached hydrogen (secondary N) is 2. The van der Waals surface area contributed by atoms with Crippen LogP contribution in [0, 0.1) is 0 Å². The molecule has 0 unspecified atom stereocenters. The van der Waals surface area contributed by atoms with E-state index in [1.165, 1.54) is 0 Å². The van der Waals surface area contributed by atoms with E-state index in [2.05, 4.69) is 20.1 Å². The minimum atomic E-state index is -0.0351. The van der Waals surface area contributed by atoms with E-state index >= 15 is 0 Å². The SMILES string of the molecule is O=C(CN1CCCN(c2nc3ccccc3[nH]2)CC1)Nc1cccc(N2CCCC2=O)c1. The molecule has 0 spiro atoms. The Hall–Kier alpha value is -3.39. The van der Waals surface area contributed by atoms with Crippen LogP contribution in [0.15, 0.2) is 48.5 Å². The molecular weight excluding hydrogens is 404 g/mol. The molecule has 2 amide bonds. The first-order valence-corrected chi connectivity index (χ1v) is 11.3. The minimum Gasteiger partial charge on any atom is -0.341 e. The number of hydrogen-bond donors (Lipinski definition) is 2. The number of amides is 2. The van der Waals surface area contributed by atoms with Crippen molar-refractivity contribution in [2.75, 3.05) is 54.4 Å². The summed E-state index contributed by atoms with van der Waals surface area (Å²) in [6.45, 7) is 4.48. The molecule has 2 aliphatic rings. The number of carbonyl (C=O) groups is 2. The van der Waals surface area contributed by atoms with Crippen molar-refractivity contribution < 1.29 is 9.59 Å². The third-order valence-electron chi connectivity index (χ3n) is 6.15. The predicted octanol–water partition coefficient (Wildman–Crippen LogP) is 2.84. The highest BCUT2D eigenvalue weighted by Gasteiger charge is 2.22. The third-order valence-corrected chi connectivity index (χ3v) is 6.15. The van der Waals surface area contributed by atoms with E-state index in [0.717, 1.165) is 73.9 Å². The number of H-pyrrole nitrogens is 1. The van der Waals surface area contributed by atoms with Gasteiger partial charge in [-0.2, -0.15) is 0 Å². The summed E-state index contributed by atoms with van der Waals surface area (Å²) in [5, 5.41) is 3.00. The average molecular weight is 433 g/mol. The number of aromatic amines is 1. The van der Waals surface area contributed by atoms with Crippen LogP contribution >= 0.6 is 0 Å². The first-order valence-electron chi connectivity index (χ1n) is 11.3. The lowest BCUT2D eigenvalue weighted by Gasteiger charge is -2.21. The molecule has 8 heteroatoms. The number of nitrogens with zero attached hydrogens (tertiary/aromatic N) is 4. The number of anilines is 3. The zero-order chi connectivity index (χ0) is 21.9. The fourth-order valence-electron chi connectivity index (χ4n) is 4.51. The molecular formula is C24H28N6O2. The first-order chi connectivity index (χ1) is 15.7. The molecule has 166 valence electrons. The minimum absolute atomic E-state index is 0.0351. The van der Waals surface area contributed by atoms with Crippen molar-refractivity contribution in [2.24, 2.45) is 0 Å².